The molecule has 2 saturated heterocycles. The number of hydrogen-bond acceptors (Lipinski definition) is 6. The second kappa shape index (κ2) is 12.0. The van der Waals surface area contributed by atoms with Crippen LogP contribution in [-0.2, 0) is 22.8 Å². The van der Waals surface area contributed by atoms with E-state index in [9.17, 15) is 14.7 Å². The van der Waals surface area contributed by atoms with Crippen molar-refractivity contribution in [1.29, 1.82) is 0 Å². The number of nitrogens with one attached hydrogen (secondary N) is 1. The normalized spacial score (nSPS) is 21.6. The lowest BCUT2D eigenvalue weighted by atomic mass is 9.80. The number of benzene rings is 1. The van der Waals surface area contributed by atoms with Crippen LogP contribution in [0.3, 0.4) is 0 Å². The van der Waals surface area contributed by atoms with Crippen molar-refractivity contribution in [2.24, 2.45) is 5.92 Å². The third-order valence-electron chi connectivity index (χ3n) is 8.47. The van der Waals surface area contributed by atoms with Gasteiger partial charge < -0.3 is 24.6 Å². The van der Waals surface area contributed by atoms with Gasteiger partial charge in [0.1, 0.15) is 18.7 Å². The molecule has 1 aromatic carbocycles. The topological polar surface area (TPSA) is 102 Å². The second-order valence-electron chi connectivity index (χ2n) is 12.7. The Morgan fingerprint density at radius 3 is 2.62 bits per heavy atom. The number of piperidine rings is 2. The Balaban J connectivity index is 1.20. The van der Waals surface area contributed by atoms with Crippen molar-refractivity contribution in [3.8, 4) is 0 Å². The number of hydrogen-bond donors (Lipinski definition) is 2. The van der Waals surface area contributed by atoms with E-state index in [1.165, 1.54) is 16.5 Å². The van der Waals surface area contributed by atoms with E-state index in [-0.39, 0.29) is 29.8 Å². The minimum atomic E-state index is -1.17. The van der Waals surface area contributed by atoms with Crippen molar-refractivity contribution in [2.45, 2.75) is 69.7 Å². The van der Waals surface area contributed by atoms with E-state index in [1.54, 1.807) is 6.07 Å². The van der Waals surface area contributed by atoms with Crippen molar-refractivity contribution >= 4 is 25.0 Å². The molecular formula is C30H43N5O4Si. The fraction of sp³-hybridized carbons (Fsp3) is 0.567. The molecule has 216 valence electrons. The van der Waals surface area contributed by atoms with Gasteiger partial charge in [0.2, 0.25) is 5.91 Å². The number of fused-ring (bicyclic) bond motifs is 1. The molecule has 0 spiro atoms. The molecule has 2 aliphatic heterocycles. The fourth-order valence-corrected chi connectivity index (χ4v) is 6.68. The molecule has 10 heteroatoms. The first-order chi connectivity index (χ1) is 19.1. The molecule has 40 heavy (non-hydrogen) atoms. The van der Waals surface area contributed by atoms with E-state index in [1.807, 2.05) is 33.9 Å². The molecule has 2 fully saturated rings. The number of amides is 1. The Kier molecular flexibility index (Phi) is 8.60. The Labute approximate surface area is 237 Å². The lowest BCUT2D eigenvalue weighted by Crippen LogP contribution is -2.52. The summed E-state index contributed by atoms with van der Waals surface area (Å²) in [6.45, 7) is 10.8. The maximum atomic E-state index is 13.6. The number of aromatic nitrogens is 3. The third kappa shape index (κ3) is 6.57. The van der Waals surface area contributed by atoms with Crippen LogP contribution < -0.4 is 10.9 Å². The minimum absolute atomic E-state index is 0.0624. The Morgan fingerprint density at radius 2 is 1.90 bits per heavy atom. The number of carbonyl (C=O) groups is 1. The van der Waals surface area contributed by atoms with Gasteiger partial charge >= 0.3 is 0 Å². The van der Waals surface area contributed by atoms with Gasteiger partial charge in [-0.25, -0.2) is 4.98 Å². The lowest BCUT2D eigenvalue weighted by Gasteiger charge is -2.41. The second-order valence-corrected chi connectivity index (χ2v) is 18.3. The maximum Gasteiger partial charge on any atom is 0.262 e. The fourth-order valence-electron chi connectivity index (χ4n) is 5.92. The van der Waals surface area contributed by atoms with Crippen molar-refractivity contribution in [3.05, 3.63) is 64.8 Å². The largest absolute Gasteiger partial charge is 0.388 e. The van der Waals surface area contributed by atoms with Crippen LogP contribution in [-0.4, -0.2) is 76.5 Å². The number of nitrogens with zero attached hydrogens (tertiary/aromatic N) is 4. The van der Waals surface area contributed by atoms with Crippen LogP contribution in [0, 0.1) is 5.92 Å². The monoisotopic (exact) mass is 565 g/mol. The number of likely N-dealkylation sites (tertiary alicyclic amines) is 1. The van der Waals surface area contributed by atoms with E-state index in [0.717, 1.165) is 25.6 Å². The standard InChI is InChI=1S/C30H43N5O4Si/c1-40(2,3)18-17-39-22-34-14-10-25-27(34)32-21-35(29(25)37)20-30(38)11-15-33(16-12-30)28(36)24-9-13-31-19-26(24)23-7-5-4-6-8-23/h4-8,10,14,21,24,26,31,38H,9,11-13,15-20,22H2,1-3H3/t24-,26+/m1/s1. The molecule has 2 aromatic heterocycles. The highest BCUT2D eigenvalue weighted by molar-refractivity contribution is 6.76. The van der Waals surface area contributed by atoms with Crippen LogP contribution in [0.5, 0.6) is 0 Å². The van der Waals surface area contributed by atoms with E-state index < -0.39 is 13.7 Å². The first kappa shape index (κ1) is 28.7. The summed E-state index contributed by atoms with van der Waals surface area (Å²) in [6.07, 6.45) is 5.02. The summed E-state index contributed by atoms with van der Waals surface area (Å²) >= 11 is 0. The molecule has 2 atom stereocenters. The minimum Gasteiger partial charge on any atom is -0.388 e. The SMILES string of the molecule is C[Si](C)(C)CCOCn1ccc2c(=O)n(CC3(O)CCN(C(=O)[C@@H]4CCNC[C@H]4c4ccccc4)CC3)cnc21. The highest BCUT2D eigenvalue weighted by atomic mass is 28.3. The van der Waals surface area contributed by atoms with Gasteiger partial charge in [-0.2, -0.15) is 0 Å². The van der Waals surface area contributed by atoms with E-state index >= 15 is 0 Å². The number of aliphatic hydroxyl groups is 1. The Hall–Kier alpha value is -2.79. The molecule has 9 nitrogen and oxygen atoms in total. The predicted molar refractivity (Wildman–Crippen MR) is 159 cm³/mol. The molecule has 5 rings (SSSR count). The molecule has 0 saturated carbocycles. The average molecular weight is 566 g/mol. The van der Waals surface area contributed by atoms with E-state index in [4.69, 9.17) is 4.74 Å². The van der Waals surface area contributed by atoms with Crippen LogP contribution in [0.15, 0.2) is 53.7 Å². The molecule has 0 radical (unpaired) electrons. The Morgan fingerprint density at radius 1 is 1.15 bits per heavy atom. The van der Waals surface area contributed by atoms with Crippen LogP contribution in [0.2, 0.25) is 25.7 Å². The van der Waals surface area contributed by atoms with Gasteiger partial charge in [-0.05, 0) is 43.5 Å². The van der Waals surface area contributed by atoms with Gasteiger partial charge in [0.05, 0.1) is 17.5 Å². The highest BCUT2D eigenvalue weighted by Crippen LogP contribution is 2.33. The molecule has 4 heterocycles. The van der Waals surface area contributed by atoms with Gasteiger partial charge in [0, 0.05) is 52.3 Å². The van der Waals surface area contributed by atoms with Crippen molar-refractivity contribution < 1.29 is 14.6 Å². The number of ether oxygens (including phenoxy) is 1. The van der Waals surface area contributed by atoms with Crippen molar-refractivity contribution in [3.63, 3.8) is 0 Å². The molecule has 1 amide bonds. The summed E-state index contributed by atoms with van der Waals surface area (Å²) in [5.74, 6) is 0.261. The zero-order valence-corrected chi connectivity index (χ0v) is 25.0. The van der Waals surface area contributed by atoms with Crippen LogP contribution >= 0.6 is 0 Å². The summed E-state index contributed by atoms with van der Waals surface area (Å²) in [7, 11) is -1.17. The maximum absolute atomic E-state index is 13.6. The molecule has 2 N–H and O–H groups in total. The summed E-state index contributed by atoms with van der Waals surface area (Å²) in [5.41, 5.74) is 0.552. The van der Waals surface area contributed by atoms with Gasteiger partial charge in [-0.3, -0.25) is 14.2 Å². The molecule has 2 aliphatic rings. The van der Waals surface area contributed by atoms with E-state index in [2.05, 4.69) is 42.1 Å². The average Bonchev–Trinajstić information content (AvgIpc) is 3.36. The number of carbonyl (C=O) groups excluding carboxylic acids is 1. The van der Waals surface area contributed by atoms with Gasteiger partial charge in [0.15, 0.2) is 0 Å². The summed E-state index contributed by atoms with van der Waals surface area (Å²) in [5, 5.41) is 15.4. The molecular weight excluding hydrogens is 522 g/mol. The summed E-state index contributed by atoms with van der Waals surface area (Å²) in [4.78, 5) is 33.3. The molecule has 3 aromatic rings. The summed E-state index contributed by atoms with van der Waals surface area (Å²) < 4.78 is 9.21. The summed E-state index contributed by atoms with van der Waals surface area (Å²) in [6, 6.07) is 13.1. The first-order valence-electron chi connectivity index (χ1n) is 14.5. The van der Waals surface area contributed by atoms with Gasteiger partial charge in [0.25, 0.3) is 5.56 Å². The molecule has 0 aliphatic carbocycles. The van der Waals surface area contributed by atoms with Crippen LogP contribution in [0.25, 0.3) is 11.0 Å². The predicted octanol–water partition coefficient (Wildman–Crippen LogP) is 3.26. The Bertz CT molecular complexity index is 1360. The quantitative estimate of drug-likeness (QED) is 0.305. The van der Waals surface area contributed by atoms with Crippen molar-refractivity contribution in [2.75, 3.05) is 32.8 Å². The first-order valence-corrected chi connectivity index (χ1v) is 18.2. The third-order valence-corrected chi connectivity index (χ3v) is 10.2. The van der Waals surface area contributed by atoms with Crippen molar-refractivity contribution in [1.82, 2.24) is 24.3 Å². The van der Waals surface area contributed by atoms with Gasteiger partial charge in [-0.1, -0.05) is 50.0 Å². The van der Waals surface area contributed by atoms with E-state index in [0.29, 0.717) is 50.3 Å². The molecule has 0 bridgehead atoms. The van der Waals surface area contributed by atoms with Crippen LogP contribution in [0.4, 0.5) is 0 Å². The zero-order valence-electron chi connectivity index (χ0n) is 24.0. The van der Waals surface area contributed by atoms with Gasteiger partial charge in [-0.15, -0.1) is 0 Å². The lowest BCUT2D eigenvalue weighted by molar-refractivity contribution is -0.141. The molecule has 0 unspecified atom stereocenters. The zero-order chi connectivity index (χ0) is 28.3. The van der Waals surface area contributed by atoms with Crippen LogP contribution in [0.1, 0.15) is 30.7 Å². The smallest absolute Gasteiger partial charge is 0.262 e. The number of rotatable bonds is 9. The highest BCUT2D eigenvalue weighted by Gasteiger charge is 2.39.